The van der Waals surface area contributed by atoms with Crippen LogP contribution in [0, 0.1) is 0 Å². The van der Waals surface area contributed by atoms with Gasteiger partial charge in [0, 0.05) is 34.3 Å². The fourth-order valence-corrected chi connectivity index (χ4v) is 3.66. The van der Waals surface area contributed by atoms with Crippen molar-refractivity contribution < 1.29 is 4.52 Å². The highest BCUT2D eigenvalue weighted by atomic mass is 35.5. The first-order chi connectivity index (χ1) is 10.1. The van der Waals surface area contributed by atoms with Gasteiger partial charge in [-0.25, -0.2) is 0 Å². The molecule has 2 aromatic rings. The summed E-state index contributed by atoms with van der Waals surface area (Å²) in [5.74, 6) is 1.94. The third kappa shape index (κ3) is 2.12. The first-order valence-corrected chi connectivity index (χ1v) is 7.91. The summed E-state index contributed by atoms with van der Waals surface area (Å²) in [6, 6.07) is 3.79. The van der Waals surface area contributed by atoms with Crippen LogP contribution in [-0.4, -0.2) is 17.2 Å². The molecule has 0 saturated heterocycles. The van der Waals surface area contributed by atoms with Gasteiger partial charge in [-0.1, -0.05) is 28.4 Å². The highest BCUT2D eigenvalue weighted by molar-refractivity contribution is 6.36. The van der Waals surface area contributed by atoms with Gasteiger partial charge in [0.1, 0.15) is 0 Å². The number of nitrogens with one attached hydrogen (secondary N) is 1. The average Bonchev–Trinajstić information content (AvgIpc) is 3.39. The van der Waals surface area contributed by atoms with Crippen LogP contribution >= 0.6 is 23.2 Å². The van der Waals surface area contributed by atoms with Gasteiger partial charge in [-0.05, 0) is 37.8 Å². The number of aromatic nitrogens is 2. The second-order valence-corrected chi connectivity index (χ2v) is 6.69. The van der Waals surface area contributed by atoms with Gasteiger partial charge in [0.25, 0.3) is 0 Å². The Balaban J connectivity index is 1.77. The molecule has 21 heavy (non-hydrogen) atoms. The van der Waals surface area contributed by atoms with Crippen molar-refractivity contribution in [2.24, 2.45) is 0 Å². The number of benzene rings is 1. The molecule has 2 fully saturated rings. The fourth-order valence-electron chi connectivity index (χ4n) is 2.81. The molecule has 4 nitrogen and oxygen atoms in total. The Morgan fingerprint density at radius 3 is 2.43 bits per heavy atom. The van der Waals surface area contributed by atoms with Crippen LogP contribution in [0.5, 0.6) is 0 Å². The lowest BCUT2D eigenvalue weighted by atomic mass is 9.94. The van der Waals surface area contributed by atoms with Crippen LogP contribution in [-0.2, 0) is 5.41 Å². The van der Waals surface area contributed by atoms with Crippen LogP contribution < -0.4 is 5.32 Å². The van der Waals surface area contributed by atoms with Crippen molar-refractivity contribution in [1.82, 2.24) is 10.1 Å². The van der Waals surface area contributed by atoms with E-state index >= 15 is 0 Å². The van der Waals surface area contributed by atoms with Crippen LogP contribution in [0.2, 0.25) is 10.0 Å². The lowest BCUT2D eigenvalue weighted by Crippen LogP contribution is -2.13. The maximum Gasteiger partial charge on any atom is 0.229 e. The Morgan fingerprint density at radius 2 is 1.90 bits per heavy atom. The normalized spacial score (nSPS) is 19.6. The Bertz CT molecular complexity index is 682. The minimum atomic E-state index is -0.267. The van der Waals surface area contributed by atoms with E-state index in [9.17, 15) is 0 Å². The van der Waals surface area contributed by atoms with Crippen molar-refractivity contribution >= 4 is 28.9 Å². The number of hydrogen-bond donors (Lipinski definition) is 1. The summed E-state index contributed by atoms with van der Waals surface area (Å²) in [4.78, 5) is 4.60. The Hall–Kier alpha value is -1.26. The molecule has 0 spiro atoms. The van der Waals surface area contributed by atoms with Crippen LogP contribution in [0.1, 0.15) is 48.9 Å². The summed E-state index contributed by atoms with van der Waals surface area (Å²) in [5.41, 5.74) is 1.56. The molecule has 0 radical (unpaired) electrons. The van der Waals surface area contributed by atoms with E-state index in [-0.39, 0.29) is 5.41 Å². The summed E-state index contributed by atoms with van der Waals surface area (Å²) in [6.45, 7) is 0. The van der Waals surface area contributed by atoms with Gasteiger partial charge in [0.15, 0.2) is 5.82 Å². The van der Waals surface area contributed by atoms with E-state index in [2.05, 4.69) is 15.5 Å². The predicted molar refractivity (Wildman–Crippen MR) is 82.3 cm³/mol. The molecular formula is C15H15Cl2N3O. The van der Waals surface area contributed by atoms with Crippen molar-refractivity contribution in [1.29, 1.82) is 0 Å². The van der Waals surface area contributed by atoms with E-state index in [0.29, 0.717) is 16.0 Å². The Kier molecular flexibility index (Phi) is 2.95. The molecule has 2 aliphatic carbocycles. The molecular weight excluding hydrogens is 309 g/mol. The number of halogens is 2. The highest BCUT2D eigenvalue weighted by Gasteiger charge is 2.52. The minimum Gasteiger partial charge on any atom is -0.388 e. The molecule has 0 bridgehead atoms. The molecule has 0 aliphatic heterocycles. The van der Waals surface area contributed by atoms with Crippen molar-refractivity contribution in [3.63, 3.8) is 0 Å². The van der Waals surface area contributed by atoms with Gasteiger partial charge in [-0.2, -0.15) is 4.98 Å². The lowest BCUT2D eigenvalue weighted by molar-refractivity contribution is 0.371. The Labute approximate surface area is 132 Å². The zero-order valence-electron chi connectivity index (χ0n) is 11.6. The van der Waals surface area contributed by atoms with Gasteiger partial charge < -0.3 is 9.84 Å². The second kappa shape index (κ2) is 4.62. The maximum atomic E-state index is 6.46. The molecule has 0 amide bonds. The first kappa shape index (κ1) is 13.4. The zero-order valence-corrected chi connectivity index (χ0v) is 13.1. The van der Waals surface area contributed by atoms with E-state index in [1.165, 1.54) is 0 Å². The molecule has 4 rings (SSSR count). The smallest absolute Gasteiger partial charge is 0.229 e. The Morgan fingerprint density at radius 1 is 1.24 bits per heavy atom. The number of hydrogen-bond acceptors (Lipinski definition) is 4. The van der Waals surface area contributed by atoms with E-state index in [0.717, 1.165) is 48.6 Å². The van der Waals surface area contributed by atoms with E-state index in [1.807, 2.05) is 19.2 Å². The standard InChI is InChI=1S/C15H15Cl2N3O/c1-18-9-6-10(16)12(11(17)7-9)15(4-5-15)14-19-13(21-20-14)8-2-3-8/h6-8,18H,2-5H2,1H3. The van der Waals surface area contributed by atoms with E-state index in [4.69, 9.17) is 27.7 Å². The number of nitrogens with zero attached hydrogens (tertiary/aromatic N) is 2. The molecule has 0 atom stereocenters. The van der Waals surface area contributed by atoms with Crippen LogP contribution in [0.15, 0.2) is 16.7 Å². The largest absolute Gasteiger partial charge is 0.388 e. The van der Waals surface area contributed by atoms with Crippen LogP contribution in [0.4, 0.5) is 5.69 Å². The van der Waals surface area contributed by atoms with E-state index in [1.54, 1.807) is 0 Å². The van der Waals surface area contributed by atoms with Gasteiger partial charge in [-0.15, -0.1) is 0 Å². The summed E-state index contributed by atoms with van der Waals surface area (Å²) in [6.07, 6.45) is 4.20. The van der Waals surface area contributed by atoms with Gasteiger partial charge in [0.2, 0.25) is 5.89 Å². The van der Waals surface area contributed by atoms with E-state index < -0.39 is 0 Å². The lowest BCUT2D eigenvalue weighted by Gasteiger charge is -2.16. The number of anilines is 1. The fraction of sp³-hybridized carbons (Fsp3) is 0.467. The number of rotatable bonds is 4. The third-order valence-electron chi connectivity index (χ3n) is 4.36. The monoisotopic (exact) mass is 323 g/mol. The SMILES string of the molecule is CNc1cc(Cl)c(C2(c3noc(C4CC4)n3)CC2)c(Cl)c1. The molecule has 1 aromatic carbocycles. The molecule has 2 aliphatic rings. The maximum absolute atomic E-state index is 6.46. The summed E-state index contributed by atoms with van der Waals surface area (Å²) in [5, 5.41) is 8.56. The highest BCUT2D eigenvalue weighted by Crippen LogP contribution is 2.57. The predicted octanol–water partition coefficient (Wildman–Crippen LogP) is 4.38. The van der Waals surface area contributed by atoms with Crippen molar-refractivity contribution in [2.75, 3.05) is 12.4 Å². The summed E-state index contributed by atoms with van der Waals surface area (Å²) in [7, 11) is 1.84. The average molecular weight is 324 g/mol. The van der Waals surface area contributed by atoms with Gasteiger partial charge in [0.05, 0.1) is 5.41 Å². The van der Waals surface area contributed by atoms with Gasteiger partial charge >= 0.3 is 0 Å². The third-order valence-corrected chi connectivity index (χ3v) is 4.95. The quantitative estimate of drug-likeness (QED) is 0.907. The second-order valence-electron chi connectivity index (χ2n) is 5.88. The summed E-state index contributed by atoms with van der Waals surface area (Å²) >= 11 is 12.9. The molecule has 6 heteroatoms. The molecule has 1 aromatic heterocycles. The van der Waals surface area contributed by atoms with Crippen LogP contribution in [0.3, 0.4) is 0 Å². The molecule has 0 unspecified atom stereocenters. The zero-order chi connectivity index (χ0) is 14.6. The minimum absolute atomic E-state index is 0.267. The van der Waals surface area contributed by atoms with Crippen molar-refractivity contribution in [3.8, 4) is 0 Å². The molecule has 1 heterocycles. The van der Waals surface area contributed by atoms with Crippen molar-refractivity contribution in [3.05, 3.63) is 39.5 Å². The topological polar surface area (TPSA) is 51.0 Å². The van der Waals surface area contributed by atoms with Gasteiger partial charge in [-0.3, -0.25) is 0 Å². The van der Waals surface area contributed by atoms with Crippen LogP contribution in [0.25, 0.3) is 0 Å². The summed E-state index contributed by atoms with van der Waals surface area (Å²) < 4.78 is 5.40. The molecule has 2 saturated carbocycles. The van der Waals surface area contributed by atoms with Crippen molar-refractivity contribution in [2.45, 2.75) is 37.0 Å². The molecule has 110 valence electrons. The molecule has 1 N–H and O–H groups in total. The first-order valence-electron chi connectivity index (χ1n) is 7.15.